The molecule has 16 heavy (non-hydrogen) atoms. The number of hydrogen-bond donors (Lipinski definition) is 1. The van der Waals surface area contributed by atoms with Crippen LogP contribution < -0.4 is 4.90 Å². The molecular weight excluding hydrogens is 270 g/mol. The molecule has 0 aromatic heterocycles. The number of rotatable bonds is 5. The second-order valence-electron chi connectivity index (χ2n) is 3.80. The summed E-state index contributed by atoms with van der Waals surface area (Å²) in [5.74, 6) is 0. The summed E-state index contributed by atoms with van der Waals surface area (Å²) in [7, 11) is 3.71. The topological polar surface area (TPSA) is 32.7 Å². The van der Waals surface area contributed by atoms with E-state index >= 15 is 0 Å². The zero-order chi connectivity index (χ0) is 12.1. The molecule has 1 aromatic carbocycles. The van der Waals surface area contributed by atoms with E-state index in [1.807, 2.05) is 25.2 Å². The van der Waals surface area contributed by atoms with Crippen LogP contribution in [0.3, 0.4) is 0 Å². The summed E-state index contributed by atoms with van der Waals surface area (Å²) in [6, 6.07) is 5.95. The summed E-state index contributed by atoms with van der Waals surface area (Å²) >= 11 is 3.47. The van der Waals surface area contributed by atoms with E-state index in [0.29, 0.717) is 6.61 Å². The third kappa shape index (κ3) is 3.47. The van der Waals surface area contributed by atoms with Crippen molar-refractivity contribution in [3.63, 3.8) is 0 Å². The van der Waals surface area contributed by atoms with E-state index in [1.54, 1.807) is 14.0 Å². The van der Waals surface area contributed by atoms with Crippen molar-refractivity contribution in [1.29, 1.82) is 0 Å². The Bertz CT molecular complexity index is 342. The number of aliphatic hydroxyl groups excluding tert-OH is 1. The molecular formula is C12H18BrNO2. The van der Waals surface area contributed by atoms with Crippen molar-refractivity contribution in [1.82, 2.24) is 0 Å². The van der Waals surface area contributed by atoms with Crippen LogP contribution in [0.4, 0.5) is 5.69 Å². The number of aliphatic hydroxyl groups is 1. The maximum atomic E-state index is 9.51. The molecule has 1 atom stereocenters. The molecule has 0 bridgehead atoms. The van der Waals surface area contributed by atoms with Crippen LogP contribution >= 0.6 is 15.9 Å². The van der Waals surface area contributed by atoms with Crippen molar-refractivity contribution in [2.75, 3.05) is 32.2 Å². The van der Waals surface area contributed by atoms with Crippen molar-refractivity contribution in [3.05, 3.63) is 28.2 Å². The van der Waals surface area contributed by atoms with Crippen LogP contribution in [-0.2, 0) is 4.74 Å². The molecule has 0 radical (unpaired) electrons. The molecule has 1 rings (SSSR count). The van der Waals surface area contributed by atoms with Gasteiger partial charge in [0.1, 0.15) is 0 Å². The molecule has 0 unspecified atom stereocenters. The highest BCUT2D eigenvalue weighted by Crippen LogP contribution is 2.27. The highest BCUT2D eigenvalue weighted by atomic mass is 79.9. The predicted molar refractivity (Wildman–Crippen MR) is 69.9 cm³/mol. The van der Waals surface area contributed by atoms with Crippen LogP contribution in [0.25, 0.3) is 0 Å². The molecule has 3 nitrogen and oxygen atoms in total. The molecule has 4 heteroatoms. The smallest absolute Gasteiger partial charge is 0.0772 e. The normalized spacial score (nSPS) is 12.6. The van der Waals surface area contributed by atoms with Gasteiger partial charge in [-0.05, 0) is 24.6 Å². The lowest BCUT2D eigenvalue weighted by Gasteiger charge is -2.20. The van der Waals surface area contributed by atoms with Crippen LogP contribution in [-0.4, -0.2) is 32.4 Å². The lowest BCUT2D eigenvalue weighted by atomic mass is 10.1. The van der Waals surface area contributed by atoms with Crippen molar-refractivity contribution in [2.24, 2.45) is 0 Å². The third-order valence-electron chi connectivity index (χ3n) is 2.51. The monoisotopic (exact) mass is 287 g/mol. The van der Waals surface area contributed by atoms with Gasteiger partial charge in [0.25, 0.3) is 0 Å². The first-order chi connectivity index (χ1) is 7.56. The molecule has 0 amide bonds. The number of benzene rings is 1. The van der Waals surface area contributed by atoms with Crippen LogP contribution in [0.15, 0.2) is 22.7 Å². The summed E-state index contributed by atoms with van der Waals surface area (Å²) in [4.78, 5) is 2.11. The molecule has 0 aliphatic rings. The number of likely N-dealkylation sites (N-methyl/N-ethyl adjacent to an activating group) is 1. The minimum atomic E-state index is -0.451. The number of halogens is 1. The first kappa shape index (κ1) is 13.5. The summed E-state index contributed by atoms with van der Waals surface area (Å²) in [5.41, 5.74) is 2.01. The molecule has 1 N–H and O–H groups in total. The zero-order valence-corrected chi connectivity index (χ0v) is 11.5. The number of methoxy groups -OCH3 is 1. The lowest BCUT2D eigenvalue weighted by Crippen LogP contribution is -2.22. The maximum absolute atomic E-state index is 9.51. The van der Waals surface area contributed by atoms with Crippen molar-refractivity contribution in [2.45, 2.75) is 13.0 Å². The number of ether oxygens (including phenoxy) is 1. The minimum absolute atomic E-state index is 0.451. The molecule has 90 valence electrons. The summed E-state index contributed by atoms with van der Waals surface area (Å²) in [6.45, 7) is 3.30. The Kier molecular flexibility index (Phi) is 5.25. The Labute approximate surface area is 105 Å². The first-order valence-electron chi connectivity index (χ1n) is 5.24. The van der Waals surface area contributed by atoms with Crippen LogP contribution in [0.2, 0.25) is 0 Å². The molecule has 0 aliphatic heterocycles. The van der Waals surface area contributed by atoms with Crippen molar-refractivity contribution < 1.29 is 9.84 Å². The predicted octanol–water partition coefficient (Wildman–Crippen LogP) is 2.59. The van der Waals surface area contributed by atoms with E-state index < -0.39 is 6.10 Å². The maximum Gasteiger partial charge on any atom is 0.0772 e. The van der Waals surface area contributed by atoms with E-state index in [1.165, 1.54) is 0 Å². The van der Waals surface area contributed by atoms with Crippen LogP contribution in [0.1, 0.15) is 18.6 Å². The van der Waals surface area contributed by atoms with Gasteiger partial charge in [-0.1, -0.05) is 22.0 Å². The quantitative estimate of drug-likeness (QED) is 0.904. The van der Waals surface area contributed by atoms with E-state index in [0.717, 1.165) is 22.3 Å². The van der Waals surface area contributed by atoms with Gasteiger partial charge < -0.3 is 14.7 Å². The van der Waals surface area contributed by atoms with Gasteiger partial charge in [-0.25, -0.2) is 0 Å². The molecule has 0 spiro atoms. The van der Waals surface area contributed by atoms with Gasteiger partial charge in [0.15, 0.2) is 0 Å². The lowest BCUT2D eigenvalue weighted by molar-refractivity contribution is 0.198. The van der Waals surface area contributed by atoms with Crippen LogP contribution in [0, 0.1) is 0 Å². The van der Waals surface area contributed by atoms with Gasteiger partial charge in [0.05, 0.1) is 12.7 Å². The van der Waals surface area contributed by atoms with Gasteiger partial charge in [0, 0.05) is 30.9 Å². The van der Waals surface area contributed by atoms with Crippen LogP contribution in [0.5, 0.6) is 0 Å². The molecule has 0 saturated carbocycles. The second-order valence-corrected chi connectivity index (χ2v) is 4.65. The standard InChI is InChI=1S/C12H18BrNO2/c1-9(15)11-5-4-10(8-12(11)13)14(2)6-7-16-3/h4-5,8-9,15H,6-7H2,1-3H3/t9-/m1/s1. The Morgan fingerprint density at radius 2 is 2.19 bits per heavy atom. The summed E-state index contributed by atoms with van der Waals surface area (Å²) < 4.78 is 5.97. The van der Waals surface area contributed by atoms with Crippen molar-refractivity contribution >= 4 is 21.6 Å². The molecule has 0 aliphatic carbocycles. The van der Waals surface area contributed by atoms with Gasteiger partial charge in [-0.15, -0.1) is 0 Å². The highest BCUT2D eigenvalue weighted by molar-refractivity contribution is 9.10. The number of hydrogen-bond acceptors (Lipinski definition) is 3. The fourth-order valence-electron chi connectivity index (χ4n) is 1.45. The average Bonchev–Trinajstić information content (AvgIpc) is 2.25. The Morgan fingerprint density at radius 3 is 2.69 bits per heavy atom. The Morgan fingerprint density at radius 1 is 1.50 bits per heavy atom. The minimum Gasteiger partial charge on any atom is -0.389 e. The molecule has 1 aromatic rings. The second kappa shape index (κ2) is 6.23. The fourth-order valence-corrected chi connectivity index (χ4v) is 2.15. The third-order valence-corrected chi connectivity index (χ3v) is 3.19. The Balaban J connectivity index is 2.80. The number of nitrogens with zero attached hydrogens (tertiary/aromatic N) is 1. The summed E-state index contributed by atoms with van der Waals surface area (Å²) in [6.07, 6.45) is -0.451. The molecule has 0 saturated heterocycles. The summed E-state index contributed by atoms with van der Waals surface area (Å²) in [5, 5.41) is 9.51. The van der Waals surface area contributed by atoms with E-state index in [-0.39, 0.29) is 0 Å². The van der Waals surface area contributed by atoms with Gasteiger partial charge in [-0.2, -0.15) is 0 Å². The molecule has 0 fully saturated rings. The van der Waals surface area contributed by atoms with Gasteiger partial charge in [0.2, 0.25) is 0 Å². The first-order valence-corrected chi connectivity index (χ1v) is 6.03. The van der Waals surface area contributed by atoms with Gasteiger partial charge in [-0.3, -0.25) is 0 Å². The Hall–Kier alpha value is -0.580. The van der Waals surface area contributed by atoms with Crippen molar-refractivity contribution in [3.8, 4) is 0 Å². The van der Waals surface area contributed by atoms with E-state index in [4.69, 9.17) is 4.74 Å². The largest absolute Gasteiger partial charge is 0.389 e. The molecule has 0 heterocycles. The number of anilines is 1. The van der Waals surface area contributed by atoms with Gasteiger partial charge >= 0.3 is 0 Å². The van der Waals surface area contributed by atoms with E-state index in [2.05, 4.69) is 20.8 Å². The average molecular weight is 288 g/mol. The fraction of sp³-hybridized carbons (Fsp3) is 0.500. The van der Waals surface area contributed by atoms with E-state index in [9.17, 15) is 5.11 Å². The highest BCUT2D eigenvalue weighted by Gasteiger charge is 2.08. The SMILES string of the molecule is COCCN(C)c1ccc([C@@H](C)O)c(Br)c1. The zero-order valence-electron chi connectivity index (χ0n) is 9.90.